The van der Waals surface area contributed by atoms with Gasteiger partial charge in [-0.05, 0) is 70.2 Å². The second-order valence-electron chi connectivity index (χ2n) is 9.63. The molecule has 7 heteroatoms. The number of ether oxygens (including phenoxy) is 1. The van der Waals surface area contributed by atoms with E-state index in [4.69, 9.17) is 4.74 Å². The Morgan fingerprint density at radius 2 is 1.81 bits per heavy atom. The van der Waals surface area contributed by atoms with Gasteiger partial charge in [0.1, 0.15) is 17.2 Å². The van der Waals surface area contributed by atoms with Crippen molar-refractivity contribution < 1.29 is 23.4 Å². The summed E-state index contributed by atoms with van der Waals surface area (Å²) in [6.45, 7) is 7.44. The van der Waals surface area contributed by atoms with Gasteiger partial charge in [0.2, 0.25) is 0 Å². The number of alkyl carbamates (subject to hydrolysis) is 1. The van der Waals surface area contributed by atoms with E-state index in [9.17, 15) is 18.7 Å². The van der Waals surface area contributed by atoms with Crippen molar-refractivity contribution in [2.45, 2.75) is 70.2 Å². The third-order valence-corrected chi connectivity index (χ3v) is 5.51. The molecule has 3 rings (SSSR count). The Labute approximate surface area is 188 Å². The molecule has 1 amide bonds. The molecular weight excluding hydrogens is 414 g/mol. The van der Waals surface area contributed by atoms with Crippen LogP contribution in [0.25, 0.3) is 0 Å². The number of carbonyl (C=O) groups is 1. The normalized spacial score (nSPS) is 16.8. The number of hydrogen-bond donors (Lipinski definition) is 3. The molecule has 0 spiro atoms. The van der Waals surface area contributed by atoms with E-state index in [0.29, 0.717) is 5.56 Å². The minimum absolute atomic E-state index is 0.0498. The van der Waals surface area contributed by atoms with E-state index in [1.165, 1.54) is 12.1 Å². The summed E-state index contributed by atoms with van der Waals surface area (Å²) in [7, 11) is 0. The summed E-state index contributed by atoms with van der Waals surface area (Å²) in [6, 6.07) is 10.6. The monoisotopic (exact) mass is 446 g/mol. The van der Waals surface area contributed by atoms with Gasteiger partial charge in [-0.2, -0.15) is 0 Å². The van der Waals surface area contributed by atoms with Gasteiger partial charge in [0.15, 0.2) is 0 Å². The summed E-state index contributed by atoms with van der Waals surface area (Å²) in [6.07, 6.45) is 0.244. The first-order chi connectivity index (χ1) is 15.0. The summed E-state index contributed by atoms with van der Waals surface area (Å²) in [5.74, 6) is -1.42. The Morgan fingerprint density at radius 3 is 2.38 bits per heavy atom. The van der Waals surface area contributed by atoms with Crippen LogP contribution in [0.1, 0.15) is 50.3 Å². The highest BCUT2D eigenvalue weighted by molar-refractivity contribution is 5.68. The molecule has 0 aliphatic heterocycles. The highest BCUT2D eigenvalue weighted by Crippen LogP contribution is 2.45. The van der Waals surface area contributed by atoms with Crippen molar-refractivity contribution in [2.75, 3.05) is 6.54 Å². The van der Waals surface area contributed by atoms with Crippen molar-refractivity contribution in [3.8, 4) is 0 Å². The highest BCUT2D eigenvalue weighted by atomic mass is 19.1. The Kier molecular flexibility index (Phi) is 7.20. The molecule has 32 heavy (non-hydrogen) atoms. The fourth-order valence-corrected chi connectivity index (χ4v) is 3.80. The number of nitrogens with one attached hydrogen (secondary N) is 2. The third kappa shape index (κ3) is 6.74. The maximum absolute atomic E-state index is 13.7. The largest absolute Gasteiger partial charge is 0.444 e. The molecular formula is C25H32F2N2O3. The van der Waals surface area contributed by atoms with Gasteiger partial charge in [-0.3, -0.25) is 0 Å². The fraction of sp³-hybridized carbons (Fsp3) is 0.480. The van der Waals surface area contributed by atoms with Gasteiger partial charge in [-0.25, -0.2) is 13.6 Å². The van der Waals surface area contributed by atoms with Crippen LogP contribution in [0, 0.1) is 18.6 Å². The first-order valence-electron chi connectivity index (χ1n) is 10.9. The third-order valence-electron chi connectivity index (χ3n) is 5.51. The van der Waals surface area contributed by atoms with Crippen molar-refractivity contribution in [3.63, 3.8) is 0 Å². The average molecular weight is 447 g/mol. The molecule has 0 aromatic heterocycles. The molecule has 1 aliphatic rings. The fourth-order valence-electron chi connectivity index (χ4n) is 3.80. The van der Waals surface area contributed by atoms with Gasteiger partial charge in [0.25, 0.3) is 0 Å². The zero-order chi connectivity index (χ0) is 23.5. The number of rotatable bonds is 8. The van der Waals surface area contributed by atoms with Crippen molar-refractivity contribution in [3.05, 3.63) is 70.8 Å². The van der Waals surface area contributed by atoms with Crippen molar-refractivity contribution >= 4 is 6.09 Å². The quantitative estimate of drug-likeness (QED) is 0.564. The number of halogens is 2. The number of aliphatic hydroxyl groups is 1. The van der Waals surface area contributed by atoms with Crippen molar-refractivity contribution in [1.82, 2.24) is 10.6 Å². The molecule has 1 aliphatic carbocycles. The second kappa shape index (κ2) is 9.55. The van der Waals surface area contributed by atoms with Gasteiger partial charge in [0, 0.05) is 18.2 Å². The predicted molar refractivity (Wildman–Crippen MR) is 119 cm³/mol. The molecule has 5 nitrogen and oxygen atoms in total. The minimum Gasteiger partial charge on any atom is -0.444 e. The molecule has 1 saturated carbocycles. The van der Waals surface area contributed by atoms with Crippen LogP contribution in [0.5, 0.6) is 0 Å². The average Bonchev–Trinajstić information content (AvgIpc) is 3.44. The zero-order valence-electron chi connectivity index (χ0n) is 19.0. The molecule has 2 atom stereocenters. The van der Waals surface area contributed by atoms with Gasteiger partial charge in [0.05, 0.1) is 12.1 Å². The van der Waals surface area contributed by atoms with Crippen molar-refractivity contribution in [2.24, 2.45) is 0 Å². The van der Waals surface area contributed by atoms with E-state index >= 15 is 0 Å². The lowest BCUT2D eigenvalue weighted by Gasteiger charge is -2.28. The maximum Gasteiger partial charge on any atom is 0.407 e. The predicted octanol–water partition coefficient (Wildman–Crippen LogP) is 4.35. The molecule has 174 valence electrons. The lowest BCUT2D eigenvalue weighted by molar-refractivity contribution is 0.0419. The van der Waals surface area contributed by atoms with Gasteiger partial charge in [-0.15, -0.1) is 0 Å². The van der Waals surface area contributed by atoms with E-state index in [1.807, 2.05) is 19.1 Å². The summed E-state index contributed by atoms with van der Waals surface area (Å²) in [5.41, 5.74) is 1.74. The SMILES string of the molecule is Cc1cccc(C2(NCC(O)C(Cc3cc(F)cc(F)c3)NC(=O)OC(C)(C)C)CC2)c1. The Hall–Kier alpha value is -2.51. The number of aliphatic hydroxyl groups excluding tert-OH is 1. The molecule has 2 unspecified atom stereocenters. The maximum atomic E-state index is 13.7. The number of carbonyl (C=O) groups excluding carboxylic acids is 1. The second-order valence-corrected chi connectivity index (χ2v) is 9.63. The molecule has 0 saturated heterocycles. The standard InChI is InChI=1S/C25H32F2N2O3/c1-16-6-5-7-18(10-16)25(8-9-25)28-15-22(30)21(29-23(31)32-24(2,3)4)13-17-11-19(26)14-20(27)12-17/h5-7,10-12,14,21-22,28,30H,8-9,13,15H2,1-4H3,(H,29,31). The molecule has 1 fully saturated rings. The molecule has 2 aromatic carbocycles. The van der Waals surface area contributed by atoms with Crippen LogP contribution in [-0.4, -0.2) is 35.5 Å². The van der Waals surface area contributed by atoms with Gasteiger partial charge in [-0.1, -0.05) is 29.8 Å². The van der Waals surface area contributed by atoms with E-state index in [0.717, 1.165) is 30.0 Å². The highest BCUT2D eigenvalue weighted by Gasteiger charge is 2.44. The lowest BCUT2D eigenvalue weighted by atomic mass is 9.99. The lowest BCUT2D eigenvalue weighted by Crippen LogP contribution is -2.51. The van der Waals surface area contributed by atoms with Crippen LogP contribution in [0.2, 0.25) is 0 Å². The number of aryl methyl sites for hydroxylation is 1. The topological polar surface area (TPSA) is 70.6 Å². The van der Waals surface area contributed by atoms with Crippen LogP contribution < -0.4 is 10.6 Å². The Morgan fingerprint density at radius 1 is 1.16 bits per heavy atom. The number of hydrogen-bond acceptors (Lipinski definition) is 4. The summed E-state index contributed by atoms with van der Waals surface area (Å²) in [4.78, 5) is 12.4. The van der Waals surface area contributed by atoms with Gasteiger partial charge < -0.3 is 20.5 Å². The summed E-state index contributed by atoms with van der Waals surface area (Å²) >= 11 is 0. The summed E-state index contributed by atoms with van der Waals surface area (Å²) < 4.78 is 32.7. The first kappa shape index (κ1) is 24.1. The molecule has 0 bridgehead atoms. The van der Waals surface area contributed by atoms with E-state index in [1.54, 1.807) is 20.8 Å². The minimum atomic E-state index is -1.00. The summed E-state index contributed by atoms with van der Waals surface area (Å²) in [5, 5.41) is 17.0. The Bertz CT molecular complexity index is 934. The van der Waals surface area contributed by atoms with E-state index in [-0.39, 0.29) is 18.5 Å². The molecule has 3 N–H and O–H groups in total. The van der Waals surface area contributed by atoms with Crippen LogP contribution in [0.3, 0.4) is 0 Å². The van der Waals surface area contributed by atoms with Crippen LogP contribution >= 0.6 is 0 Å². The van der Waals surface area contributed by atoms with Crippen molar-refractivity contribution in [1.29, 1.82) is 0 Å². The van der Waals surface area contributed by atoms with Gasteiger partial charge >= 0.3 is 6.09 Å². The molecule has 2 aromatic rings. The molecule has 0 heterocycles. The molecule has 0 radical (unpaired) electrons. The number of benzene rings is 2. The smallest absolute Gasteiger partial charge is 0.407 e. The zero-order valence-corrected chi connectivity index (χ0v) is 19.0. The first-order valence-corrected chi connectivity index (χ1v) is 10.9. The van der Waals surface area contributed by atoms with Crippen LogP contribution in [0.15, 0.2) is 42.5 Å². The van der Waals surface area contributed by atoms with Crippen LogP contribution in [-0.2, 0) is 16.7 Å². The number of amides is 1. The van der Waals surface area contributed by atoms with Crippen LogP contribution in [0.4, 0.5) is 13.6 Å². The Balaban J connectivity index is 1.72. The van der Waals surface area contributed by atoms with E-state index in [2.05, 4.69) is 22.8 Å². The van der Waals surface area contributed by atoms with E-state index < -0.39 is 35.5 Å².